The summed E-state index contributed by atoms with van der Waals surface area (Å²) in [6, 6.07) is 5.63. The zero-order chi connectivity index (χ0) is 13.1. The molecule has 0 saturated heterocycles. The molecular formula is C15H19ClO2. The van der Waals surface area contributed by atoms with E-state index in [0.29, 0.717) is 17.2 Å². The molecule has 3 heteroatoms. The maximum Gasteiger partial charge on any atom is 0.136 e. The molecule has 2 unspecified atom stereocenters. The largest absolute Gasteiger partial charge is 0.389 e. The van der Waals surface area contributed by atoms with Crippen LogP contribution in [-0.4, -0.2) is 10.9 Å². The number of rotatable bonds is 3. The summed E-state index contributed by atoms with van der Waals surface area (Å²) in [4.78, 5) is 11.8. The fourth-order valence-corrected chi connectivity index (χ4v) is 2.79. The number of aliphatic hydroxyl groups excluding tert-OH is 1. The molecule has 1 aliphatic carbocycles. The third-order valence-electron chi connectivity index (χ3n) is 3.71. The van der Waals surface area contributed by atoms with Gasteiger partial charge in [0.25, 0.3) is 0 Å². The number of benzene rings is 1. The molecule has 0 aromatic heterocycles. The van der Waals surface area contributed by atoms with Gasteiger partial charge in [-0.05, 0) is 43.4 Å². The van der Waals surface area contributed by atoms with Crippen LogP contribution in [0.15, 0.2) is 18.2 Å². The zero-order valence-electron chi connectivity index (χ0n) is 10.7. The Kier molecular flexibility index (Phi) is 4.41. The Morgan fingerprint density at radius 2 is 2.22 bits per heavy atom. The normalized spacial score (nSPS) is 21.9. The number of carbonyl (C=O) groups is 1. The van der Waals surface area contributed by atoms with Crippen molar-refractivity contribution in [2.24, 2.45) is 5.92 Å². The van der Waals surface area contributed by atoms with Gasteiger partial charge in [-0.2, -0.15) is 0 Å². The molecule has 1 saturated carbocycles. The fraction of sp³-hybridized carbons (Fsp3) is 0.533. The third-order valence-corrected chi connectivity index (χ3v) is 4.06. The lowest BCUT2D eigenvalue weighted by atomic mass is 9.83. The molecule has 0 aliphatic heterocycles. The first-order valence-electron chi connectivity index (χ1n) is 6.57. The van der Waals surface area contributed by atoms with Gasteiger partial charge in [0, 0.05) is 17.4 Å². The van der Waals surface area contributed by atoms with Crippen LogP contribution in [0.2, 0.25) is 5.02 Å². The number of halogens is 1. The molecule has 0 spiro atoms. The lowest BCUT2D eigenvalue weighted by molar-refractivity contribution is -0.124. The number of Topliss-reactive ketones (excluding diaryl/α,β-unsaturated/α-hetero) is 1. The van der Waals surface area contributed by atoms with E-state index in [1.807, 2.05) is 12.1 Å². The van der Waals surface area contributed by atoms with E-state index in [0.717, 1.165) is 36.8 Å². The van der Waals surface area contributed by atoms with Crippen LogP contribution in [0.5, 0.6) is 0 Å². The number of hydrogen-bond acceptors (Lipinski definition) is 2. The van der Waals surface area contributed by atoms with Crippen LogP contribution in [0, 0.1) is 5.92 Å². The van der Waals surface area contributed by atoms with Gasteiger partial charge in [-0.1, -0.05) is 30.2 Å². The second kappa shape index (κ2) is 5.85. The van der Waals surface area contributed by atoms with Crippen LogP contribution < -0.4 is 0 Å². The minimum Gasteiger partial charge on any atom is -0.389 e. The highest BCUT2D eigenvalue weighted by atomic mass is 35.5. The standard InChI is InChI=1S/C15H19ClO2/c1-10(17)11-6-7-12(14(16)9-11)8-13-4-2-3-5-15(13)18/h6-7,9-10,13,17H,2-5,8H2,1H3. The Hall–Kier alpha value is -0.860. The predicted molar refractivity (Wildman–Crippen MR) is 72.8 cm³/mol. The summed E-state index contributed by atoms with van der Waals surface area (Å²) in [5.41, 5.74) is 1.83. The van der Waals surface area contributed by atoms with Crippen LogP contribution >= 0.6 is 11.6 Å². The van der Waals surface area contributed by atoms with Crippen LogP contribution in [0.1, 0.15) is 49.8 Å². The first-order valence-corrected chi connectivity index (χ1v) is 6.95. The molecule has 1 N–H and O–H groups in total. The minimum atomic E-state index is -0.507. The predicted octanol–water partition coefficient (Wildman–Crippen LogP) is 3.70. The summed E-state index contributed by atoms with van der Waals surface area (Å²) in [5.74, 6) is 0.505. The lowest BCUT2D eigenvalue weighted by Gasteiger charge is -2.21. The van der Waals surface area contributed by atoms with E-state index in [2.05, 4.69) is 0 Å². The van der Waals surface area contributed by atoms with Crippen LogP contribution in [0.4, 0.5) is 0 Å². The van der Waals surface area contributed by atoms with Crippen molar-refractivity contribution in [1.29, 1.82) is 0 Å². The first-order chi connectivity index (χ1) is 8.58. The third kappa shape index (κ3) is 3.12. The molecule has 0 bridgehead atoms. The second-order valence-electron chi connectivity index (χ2n) is 5.14. The van der Waals surface area contributed by atoms with E-state index in [-0.39, 0.29) is 5.92 Å². The van der Waals surface area contributed by atoms with E-state index < -0.39 is 6.10 Å². The zero-order valence-corrected chi connectivity index (χ0v) is 11.4. The Morgan fingerprint density at radius 1 is 1.44 bits per heavy atom. The summed E-state index contributed by atoms with van der Waals surface area (Å²) in [7, 11) is 0. The molecule has 0 amide bonds. The van der Waals surface area contributed by atoms with Gasteiger partial charge in [0.05, 0.1) is 6.10 Å². The van der Waals surface area contributed by atoms with Gasteiger partial charge in [0.2, 0.25) is 0 Å². The smallest absolute Gasteiger partial charge is 0.136 e. The Balaban J connectivity index is 2.11. The second-order valence-corrected chi connectivity index (χ2v) is 5.55. The molecule has 2 nitrogen and oxygen atoms in total. The van der Waals surface area contributed by atoms with Crippen molar-refractivity contribution in [3.05, 3.63) is 34.3 Å². The maximum absolute atomic E-state index is 11.8. The van der Waals surface area contributed by atoms with Crippen molar-refractivity contribution in [2.75, 3.05) is 0 Å². The average molecular weight is 267 g/mol. The monoisotopic (exact) mass is 266 g/mol. The van der Waals surface area contributed by atoms with E-state index >= 15 is 0 Å². The van der Waals surface area contributed by atoms with Gasteiger partial charge in [0.1, 0.15) is 5.78 Å². The highest BCUT2D eigenvalue weighted by molar-refractivity contribution is 6.31. The van der Waals surface area contributed by atoms with E-state index in [1.54, 1.807) is 13.0 Å². The Morgan fingerprint density at radius 3 is 2.83 bits per heavy atom. The summed E-state index contributed by atoms with van der Waals surface area (Å²) >= 11 is 6.22. The quantitative estimate of drug-likeness (QED) is 0.906. The number of carbonyl (C=O) groups excluding carboxylic acids is 1. The van der Waals surface area contributed by atoms with Gasteiger partial charge in [-0.15, -0.1) is 0 Å². The van der Waals surface area contributed by atoms with Gasteiger partial charge in [-0.25, -0.2) is 0 Å². The Labute approximate surface area is 113 Å². The summed E-state index contributed by atoms with van der Waals surface area (Å²) in [5, 5.41) is 10.1. The lowest BCUT2D eigenvalue weighted by Crippen LogP contribution is -2.21. The Bertz CT molecular complexity index is 440. The van der Waals surface area contributed by atoms with Crippen molar-refractivity contribution < 1.29 is 9.90 Å². The highest BCUT2D eigenvalue weighted by Gasteiger charge is 2.23. The van der Waals surface area contributed by atoms with Crippen LogP contribution in [0.25, 0.3) is 0 Å². The molecule has 98 valence electrons. The maximum atomic E-state index is 11.8. The van der Waals surface area contributed by atoms with E-state index in [9.17, 15) is 9.90 Å². The minimum absolute atomic E-state index is 0.133. The van der Waals surface area contributed by atoms with Crippen molar-refractivity contribution >= 4 is 17.4 Å². The molecular weight excluding hydrogens is 248 g/mol. The van der Waals surface area contributed by atoms with Crippen molar-refractivity contribution in [3.63, 3.8) is 0 Å². The molecule has 2 rings (SSSR count). The fourth-order valence-electron chi connectivity index (χ4n) is 2.53. The highest BCUT2D eigenvalue weighted by Crippen LogP contribution is 2.28. The SMILES string of the molecule is CC(O)c1ccc(CC2CCCCC2=O)c(Cl)c1. The topological polar surface area (TPSA) is 37.3 Å². The van der Waals surface area contributed by atoms with Crippen LogP contribution in [0.3, 0.4) is 0 Å². The average Bonchev–Trinajstić information content (AvgIpc) is 2.34. The van der Waals surface area contributed by atoms with Gasteiger partial charge in [0.15, 0.2) is 0 Å². The van der Waals surface area contributed by atoms with Crippen molar-refractivity contribution in [3.8, 4) is 0 Å². The molecule has 0 heterocycles. The first kappa shape index (κ1) is 13.6. The van der Waals surface area contributed by atoms with Crippen molar-refractivity contribution in [2.45, 2.75) is 45.1 Å². The van der Waals surface area contributed by atoms with Gasteiger partial charge >= 0.3 is 0 Å². The molecule has 0 radical (unpaired) electrons. The number of aliphatic hydroxyl groups is 1. The summed E-state index contributed by atoms with van der Waals surface area (Å²) in [6.07, 6.45) is 4.09. The number of ketones is 1. The molecule has 1 fully saturated rings. The van der Waals surface area contributed by atoms with Gasteiger partial charge < -0.3 is 5.11 Å². The molecule has 1 aromatic rings. The van der Waals surface area contributed by atoms with E-state index in [4.69, 9.17) is 11.6 Å². The molecule has 1 aromatic carbocycles. The molecule has 1 aliphatic rings. The van der Waals surface area contributed by atoms with Gasteiger partial charge in [-0.3, -0.25) is 4.79 Å². The van der Waals surface area contributed by atoms with Crippen molar-refractivity contribution in [1.82, 2.24) is 0 Å². The molecule has 2 atom stereocenters. The summed E-state index contributed by atoms with van der Waals surface area (Å²) in [6.45, 7) is 1.72. The molecule has 18 heavy (non-hydrogen) atoms. The van der Waals surface area contributed by atoms with Crippen LogP contribution in [-0.2, 0) is 11.2 Å². The number of hydrogen-bond donors (Lipinski definition) is 1. The van der Waals surface area contributed by atoms with E-state index in [1.165, 1.54) is 0 Å². The summed E-state index contributed by atoms with van der Waals surface area (Å²) < 4.78 is 0.